The maximum absolute atomic E-state index is 10.5. The minimum Gasteiger partial charge on any atom is -0.354 e. The van der Waals surface area contributed by atoms with E-state index in [0.29, 0.717) is 13.0 Å². The van der Waals surface area contributed by atoms with Crippen molar-refractivity contribution < 1.29 is 4.79 Å². The first-order valence-corrected chi connectivity index (χ1v) is 3.83. The third-order valence-corrected chi connectivity index (χ3v) is 1.17. The molecule has 0 aromatic heterocycles. The molecule has 0 aromatic rings. The van der Waals surface area contributed by atoms with Crippen molar-refractivity contribution in [3.63, 3.8) is 0 Å². The average molecular weight is 165 g/mol. The second-order valence-corrected chi connectivity index (χ2v) is 3.29. The lowest BCUT2D eigenvalue weighted by atomic mass is 10.4. The summed E-state index contributed by atoms with van der Waals surface area (Å²) in [6.07, 6.45) is 0.522. The van der Waals surface area contributed by atoms with Gasteiger partial charge in [0.2, 0.25) is 5.91 Å². The van der Waals surface area contributed by atoms with Crippen molar-refractivity contribution in [3.8, 4) is 0 Å². The smallest absolute Gasteiger partial charge is 0.219 e. The van der Waals surface area contributed by atoms with Gasteiger partial charge >= 0.3 is 0 Å². The predicted octanol–water partition coefficient (Wildman–Crippen LogP) is 0.698. The number of rotatable bonds is 3. The molecule has 0 spiro atoms. The van der Waals surface area contributed by atoms with Gasteiger partial charge in [-0.15, -0.1) is 0 Å². The third kappa shape index (κ3) is 6.05. The van der Waals surface area contributed by atoms with Crippen LogP contribution in [0.25, 0.3) is 0 Å². The van der Waals surface area contributed by atoms with Gasteiger partial charge in [-0.05, 0) is 0 Å². The Kier molecular flexibility index (Phi) is 5.09. The molecule has 0 rings (SSSR count). The largest absolute Gasteiger partial charge is 0.354 e. The number of carbonyl (C=O) groups is 1. The van der Waals surface area contributed by atoms with Crippen LogP contribution in [-0.4, -0.2) is 17.0 Å². The lowest BCUT2D eigenvalue weighted by Crippen LogP contribution is -2.26. The molecule has 54 valence electrons. The number of amides is 1. The molecule has 2 nitrogen and oxygen atoms in total. The van der Waals surface area contributed by atoms with Gasteiger partial charge in [-0.1, -0.05) is 6.92 Å². The first-order chi connectivity index (χ1) is 4.16. The molecule has 0 aliphatic heterocycles. The van der Waals surface area contributed by atoms with E-state index in [0.717, 1.165) is 0 Å². The molecule has 0 fully saturated rings. The van der Waals surface area contributed by atoms with Gasteiger partial charge in [0, 0.05) is 13.0 Å². The minimum absolute atomic E-state index is 0.0445. The molecule has 4 heteroatoms. The topological polar surface area (TPSA) is 29.1 Å². The van der Waals surface area contributed by atoms with Crippen LogP contribution < -0.4 is 5.32 Å². The number of thiol groups is 2. The quantitative estimate of drug-likeness (QED) is 0.417. The molecular weight excluding hydrogens is 154 g/mol. The van der Waals surface area contributed by atoms with Gasteiger partial charge in [-0.3, -0.25) is 4.79 Å². The van der Waals surface area contributed by atoms with Crippen molar-refractivity contribution in [2.24, 2.45) is 0 Å². The van der Waals surface area contributed by atoms with Gasteiger partial charge in [0.1, 0.15) is 0 Å². The van der Waals surface area contributed by atoms with E-state index >= 15 is 0 Å². The Hall–Kier alpha value is 0.170. The number of hydrogen-bond donors (Lipinski definition) is 3. The Morgan fingerprint density at radius 1 is 1.67 bits per heavy atom. The Labute approximate surface area is 66.2 Å². The Bertz CT molecular complexity index is 95.0. The third-order valence-electron chi connectivity index (χ3n) is 0.803. The first kappa shape index (κ1) is 9.17. The van der Waals surface area contributed by atoms with E-state index < -0.39 is 0 Å². The monoisotopic (exact) mass is 165 g/mol. The predicted molar refractivity (Wildman–Crippen MR) is 45.1 cm³/mol. The zero-order chi connectivity index (χ0) is 7.28. The Balaban J connectivity index is 3.17. The van der Waals surface area contributed by atoms with Crippen LogP contribution in [-0.2, 0) is 4.79 Å². The molecule has 1 amide bonds. The van der Waals surface area contributed by atoms with Crippen molar-refractivity contribution >= 4 is 31.2 Å². The summed E-state index contributed by atoms with van der Waals surface area (Å²) in [6.45, 7) is 2.33. The van der Waals surface area contributed by atoms with E-state index in [4.69, 9.17) is 0 Å². The fourth-order valence-corrected chi connectivity index (χ4v) is 0.513. The summed E-state index contributed by atoms with van der Waals surface area (Å²) in [4.78, 5) is 10.5. The molecule has 0 unspecified atom stereocenters. The molecule has 0 saturated carbocycles. The van der Waals surface area contributed by atoms with Crippen molar-refractivity contribution in [1.82, 2.24) is 5.32 Å². The second kappa shape index (κ2) is 4.99. The summed E-state index contributed by atoms with van der Waals surface area (Å²) in [5.74, 6) is 0.0445. The average Bonchev–Trinajstić information content (AvgIpc) is 1.83. The molecule has 0 aromatic carbocycles. The van der Waals surface area contributed by atoms with Gasteiger partial charge in [0.05, 0.1) is 4.58 Å². The minimum atomic E-state index is -0.0551. The Morgan fingerprint density at radius 3 is 2.56 bits per heavy atom. The number of hydrogen-bond acceptors (Lipinski definition) is 3. The van der Waals surface area contributed by atoms with Gasteiger partial charge in [-0.2, -0.15) is 25.3 Å². The lowest BCUT2D eigenvalue weighted by molar-refractivity contribution is -0.120. The van der Waals surface area contributed by atoms with Crippen LogP contribution in [0.5, 0.6) is 0 Å². The van der Waals surface area contributed by atoms with Crippen molar-refractivity contribution in [1.29, 1.82) is 0 Å². The standard InChI is InChI=1S/C5H11NOS2/c1-2-4(7)6-3-5(8)9/h5,8-9H,2-3H2,1H3,(H,6,7). The fourth-order valence-electron chi connectivity index (χ4n) is 0.330. The van der Waals surface area contributed by atoms with E-state index in [1.54, 1.807) is 6.92 Å². The summed E-state index contributed by atoms with van der Waals surface area (Å²) in [5, 5.41) is 2.64. The first-order valence-electron chi connectivity index (χ1n) is 2.79. The molecule has 9 heavy (non-hydrogen) atoms. The summed E-state index contributed by atoms with van der Waals surface area (Å²) in [5.41, 5.74) is 0. The van der Waals surface area contributed by atoms with Crippen LogP contribution >= 0.6 is 25.3 Å². The van der Waals surface area contributed by atoms with Crippen LogP contribution in [0, 0.1) is 0 Å². The van der Waals surface area contributed by atoms with Crippen LogP contribution in [0.2, 0.25) is 0 Å². The number of nitrogens with one attached hydrogen (secondary N) is 1. The zero-order valence-corrected chi connectivity index (χ0v) is 7.08. The van der Waals surface area contributed by atoms with Crippen molar-refractivity contribution in [2.75, 3.05) is 6.54 Å². The van der Waals surface area contributed by atoms with Crippen LogP contribution in [0.1, 0.15) is 13.3 Å². The Morgan fingerprint density at radius 2 is 2.22 bits per heavy atom. The maximum atomic E-state index is 10.5. The summed E-state index contributed by atoms with van der Waals surface area (Å²) < 4.78 is -0.0551. The molecule has 0 atom stereocenters. The van der Waals surface area contributed by atoms with Crippen LogP contribution in [0.4, 0.5) is 0 Å². The highest BCUT2D eigenvalue weighted by atomic mass is 32.2. The van der Waals surface area contributed by atoms with Gasteiger partial charge < -0.3 is 5.32 Å². The van der Waals surface area contributed by atoms with Crippen molar-refractivity contribution in [3.05, 3.63) is 0 Å². The highest BCUT2D eigenvalue weighted by Gasteiger charge is 1.97. The molecule has 0 radical (unpaired) electrons. The maximum Gasteiger partial charge on any atom is 0.219 e. The number of carbonyl (C=O) groups excluding carboxylic acids is 1. The highest BCUT2D eigenvalue weighted by Crippen LogP contribution is 1.96. The molecule has 0 saturated heterocycles. The molecule has 0 heterocycles. The van der Waals surface area contributed by atoms with Crippen molar-refractivity contribution in [2.45, 2.75) is 17.9 Å². The van der Waals surface area contributed by atoms with E-state index in [9.17, 15) is 4.79 Å². The van der Waals surface area contributed by atoms with Gasteiger partial charge in [0.25, 0.3) is 0 Å². The van der Waals surface area contributed by atoms with Crippen LogP contribution in [0.3, 0.4) is 0 Å². The summed E-state index contributed by atoms with van der Waals surface area (Å²) in [7, 11) is 0. The fraction of sp³-hybridized carbons (Fsp3) is 0.800. The lowest BCUT2D eigenvalue weighted by Gasteiger charge is -2.03. The highest BCUT2D eigenvalue weighted by molar-refractivity contribution is 7.99. The molecule has 0 bridgehead atoms. The van der Waals surface area contributed by atoms with Gasteiger partial charge in [-0.25, -0.2) is 0 Å². The van der Waals surface area contributed by atoms with Gasteiger partial charge in [0.15, 0.2) is 0 Å². The SMILES string of the molecule is CCC(=O)NCC(S)S. The van der Waals surface area contributed by atoms with E-state index in [1.807, 2.05) is 0 Å². The summed E-state index contributed by atoms with van der Waals surface area (Å²) in [6, 6.07) is 0. The van der Waals surface area contributed by atoms with E-state index in [-0.39, 0.29) is 10.5 Å². The molecule has 1 N–H and O–H groups in total. The summed E-state index contributed by atoms with van der Waals surface area (Å²) >= 11 is 7.92. The van der Waals surface area contributed by atoms with Crippen LogP contribution in [0.15, 0.2) is 0 Å². The van der Waals surface area contributed by atoms with E-state index in [2.05, 4.69) is 30.6 Å². The second-order valence-electron chi connectivity index (χ2n) is 1.64. The molecule has 0 aliphatic carbocycles. The molecule has 0 aliphatic rings. The van der Waals surface area contributed by atoms with E-state index in [1.165, 1.54) is 0 Å². The normalized spacial score (nSPS) is 9.78. The molecular formula is C5H11NOS2. The zero-order valence-electron chi connectivity index (χ0n) is 5.29.